The SMILES string of the molecule is c1ccc(-c2cc(-c3ccc(-c4cccc(-c5ccccc5-c5cc6ccccc6c6ccccc56)c4)cc3)cc(-c3ccccn3)n2)nc1. The second-order valence-corrected chi connectivity index (χ2v) is 12.5. The van der Waals surface area contributed by atoms with Crippen molar-refractivity contribution < 1.29 is 0 Å². The maximum absolute atomic E-state index is 4.94. The second-order valence-electron chi connectivity index (χ2n) is 12.5. The van der Waals surface area contributed by atoms with E-state index in [1.807, 2.05) is 36.4 Å². The summed E-state index contributed by atoms with van der Waals surface area (Å²) in [6, 6.07) is 62.2. The van der Waals surface area contributed by atoms with Crippen LogP contribution in [-0.4, -0.2) is 15.0 Å². The quantitative estimate of drug-likeness (QED) is 0.170. The normalized spacial score (nSPS) is 11.2. The molecule has 0 unspecified atom stereocenters. The van der Waals surface area contributed by atoms with Gasteiger partial charge in [0.1, 0.15) is 0 Å². The number of nitrogens with zero attached hydrogens (tertiary/aromatic N) is 3. The third kappa shape index (κ3) is 5.51. The van der Waals surface area contributed by atoms with Crippen molar-refractivity contribution in [1.29, 1.82) is 0 Å². The summed E-state index contributed by atoms with van der Waals surface area (Å²) in [6.07, 6.45) is 3.60. The van der Waals surface area contributed by atoms with E-state index in [4.69, 9.17) is 4.98 Å². The van der Waals surface area contributed by atoms with Crippen molar-refractivity contribution in [2.24, 2.45) is 0 Å². The molecule has 0 amide bonds. The summed E-state index contributed by atoms with van der Waals surface area (Å²) in [7, 11) is 0. The first-order valence-corrected chi connectivity index (χ1v) is 16.8. The Bertz CT molecular complexity index is 2570. The predicted molar refractivity (Wildman–Crippen MR) is 207 cm³/mol. The molecule has 0 aliphatic carbocycles. The Hall–Kier alpha value is -6.71. The van der Waals surface area contributed by atoms with Gasteiger partial charge in [0.05, 0.1) is 22.8 Å². The molecule has 0 spiro atoms. The van der Waals surface area contributed by atoms with Crippen molar-refractivity contribution in [3.8, 4) is 67.3 Å². The summed E-state index contributed by atoms with van der Waals surface area (Å²) in [5, 5.41) is 5.07. The first-order chi connectivity index (χ1) is 24.8. The predicted octanol–water partition coefficient (Wildman–Crippen LogP) is 12.2. The molecule has 0 radical (unpaired) electrons. The Morgan fingerprint density at radius 1 is 0.280 bits per heavy atom. The van der Waals surface area contributed by atoms with E-state index in [2.05, 4.69) is 149 Å². The van der Waals surface area contributed by atoms with Crippen LogP contribution in [0.5, 0.6) is 0 Å². The van der Waals surface area contributed by atoms with Crippen LogP contribution in [-0.2, 0) is 0 Å². The van der Waals surface area contributed by atoms with Crippen molar-refractivity contribution >= 4 is 21.5 Å². The molecule has 3 heteroatoms. The Kier molecular flexibility index (Phi) is 7.49. The molecule has 9 aromatic rings. The monoisotopic (exact) mass is 637 g/mol. The second kappa shape index (κ2) is 12.7. The first-order valence-electron chi connectivity index (χ1n) is 16.8. The van der Waals surface area contributed by atoms with Crippen LogP contribution in [0.25, 0.3) is 88.8 Å². The van der Waals surface area contributed by atoms with Crippen LogP contribution in [0, 0.1) is 0 Å². The molecule has 3 heterocycles. The molecule has 0 aliphatic rings. The Balaban J connectivity index is 1.10. The molecule has 0 aliphatic heterocycles. The fourth-order valence-corrected chi connectivity index (χ4v) is 6.96. The van der Waals surface area contributed by atoms with Crippen molar-refractivity contribution in [1.82, 2.24) is 15.0 Å². The lowest BCUT2D eigenvalue weighted by Crippen LogP contribution is -1.94. The molecule has 9 rings (SSSR count). The number of hydrogen-bond acceptors (Lipinski definition) is 3. The highest BCUT2D eigenvalue weighted by atomic mass is 14.8. The van der Waals surface area contributed by atoms with E-state index in [0.717, 1.165) is 39.5 Å². The third-order valence-corrected chi connectivity index (χ3v) is 9.39. The lowest BCUT2D eigenvalue weighted by Gasteiger charge is -2.15. The molecule has 0 N–H and O–H groups in total. The average molecular weight is 638 g/mol. The van der Waals surface area contributed by atoms with Crippen LogP contribution in [0.3, 0.4) is 0 Å². The van der Waals surface area contributed by atoms with Crippen molar-refractivity contribution in [2.45, 2.75) is 0 Å². The highest BCUT2D eigenvalue weighted by molar-refractivity contribution is 6.14. The van der Waals surface area contributed by atoms with Gasteiger partial charge in [0.2, 0.25) is 0 Å². The van der Waals surface area contributed by atoms with E-state index in [9.17, 15) is 0 Å². The maximum Gasteiger partial charge on any atom is 0.0900 e. The summed E-state index contributed by atoms with van der Waals surface area (Å²) >= 11 is 0. The highest BCUT2D eigenvalue weighted by Gasteiger charge is 2.14. The highest BCUT2D eigenvalue weighted by Crippen LogP contribution is 2.40. The molecular weight excluding hydrogens is 607 g/mol. The largest absolute Gasteiger partial charge is 0.255 e. The molecule has 0 saturated carbocycles. The van der Waals surface area contributed by atoms with E-state index in [0.29, 0.717) is 0 Å². The van der Waals surface area contributed by atoms with Crippen molar-refractivity contribution in [2.75, 3.05) is 0 Å². The number of benzene rings is 6. The minimum Gasteiger partial charge on any atom is -0.255 e. The molecule has 234 valence electrons. The standard InChI is InChI=1S/C47H31N3/c1-2-15-39-36(12-1)29-43(42-19-6-5-17-40(39)42)41-18-4-3-16-38(41)35-14-11-13-34(28-35)32-22-24-33(25-23-32)37-30-46(44-20-7-9-26-48-44)50-47(31-37)45-21-8-10-27-49-45/h1-31H. The van der Waals surface area contributed by atoms with E-state index >= 15 is 0 Å². The summed E-state index contributed by atoms with van der Waals surface area (Å²) in [4.78, 5) is 14.1. The van der Waals surface area contributed by atoms with Gasteiger partial charge >= 0.3 is 0 Å². The topological polar surface area (TPSA) is 38.7 Å². The van der Waals surface area contributed by atoms with Gasteiger partial charge in [0, 0.05) is 12.4 Å². The lowest BCUT2D eigenvalue weighted by atomic mass is 9.88. The summed E-state index contributed by atoms with van der Waals surface area (Å²) in [5.74, 6) is 0. The molecule has 0 fully saturated rings. The molecule has 3 nitrogen and oxygen atoms in total. The van der Waals surface area contributed by atoms with Gasteiger partial charge in [0.15, 0.2) is 0 Å². The Morgan fingerprint density at radius 3 is 1.52 bits per heavy atom. The van der Waals surface area contributed by atoms with Gasteiger partial charge in [0.25, 0.3) is 0 Å². The Morgan fingerprint density at radius 2 is 0.840 bits per heavy atom. The van der Waals surface area contributed by atoms with Gasteiger partial charge in [-0.05, 0) is 115 Å². The van der Waals surface area contributed by atoms with Crippen molar-refractivity contribution in [3.63, 3.8) is 0 Å². The molecule has 3 aromatic heterocycles. The summed E-state index contributed by atoms with van der Waals surface area (Å²) in [5.41, 5.74) is 12.7. The molecule has 0 saturated heterocycles. The summed E-state index contributed by atoms with van der Waals surface area (Å²) in [6.45, 7) is 0. The third-order valence-electron chi connectivity index (χ3n) is 9.39. The van der Waals surface area contributed by atoms with Crippen LogP contribution < -0.4 is 0 Å². The fraction of sp³-hybridized carbons (Fsp3) is 0. The fourth-order valence-electron chi connectivity index (χ4n) is 6.96. The number of hydrogen-bond donors (Lipinski definition) is 0. The van der Waals surface area contributed by atoms with Gasteiger partial charge in [-0.15, -0.1) is 0 Å². The Labute approximate surface area is 291 Å². The van der Waals surface area contributed by atoms with Gasteiger partial charge in [-0.1, -0.05) is 127 Å². The minimum absolute atomic E-state index is 0.818. The van der Waals surface area contributed by atoms with E-state index in [-0.39, 0.29) is 0 Å². The maximum atomic E-state index is 4.94. The zero-order chi connectivity index (χ0) is 33.3. The molecule has 0 atom stereocenters. The van der Waals surface area contributed by atoms with Crippen LogP contribution in [0.4, 0.5) is 0 Å². The van der Waals surface area contributed by atoms with Crippen LogP contribution >= 0.6 is 0 Å². The lowest BCUT2D eigenvalue weighted by molar-refractivity contribution is 1.22. The zero-order valence-electron chi connectivity index (χ0n) is 27.2. The number of pyridine rings is 3. The van der Waals surface area contributed by atoms with Crippen molar-refractivity contribution in [3.05, 3.63) is 188 Å². The van der Waals surface area contributed by atoms with Gasteiger partial charge < -0.3 is 0 Å². The van der Waals surface area contributed by atoms with Crippen LogP contribution in [0.1, 0.15) is 0 Å². The molecule has 50 heavy (non-hydrogen) atoms. The van der Waals surface area contributed by atoms with E-state index < -0.39 is 0 Å². The minimum atomic E-state index is 0.818. The van der Waals surface area contributed by atoms with E-state index in [1.54, 1.807) is 12.4 Å². The number of rotatable bonds is 6. The smallest absolute Gasteiger partial charge is 0.0900 e. The van der Waals surface area contributed by atoms with Crippen LogP contribution in [0.15, 0.2) is 188 Å². The average Bonchev–Trinajstić information content (AvgIpc) is 3.21. The van der Waals surface area contributed by atoms with Gasteiger partial charge in [-0.25, -0.2) is 4.98 Å². The molecule has 0 bridgehead atoms. The number of fused-ring (bicyclic) bond motifs is 3. The van der Waals surface area contributed by atoms with E-state index in [1.165, 1.54) is 49.4 Å². The van der Waals surface area contributed by atoms with Gasteiger partial charge in [-0.3, -0.25) is 9.97 Å². The van der Waals surface area contributed by atoms with Gasteiger partial charge in [-0.2, -0.15) is 0 Å². The number of aromatic nitrogens is 3. The summed E-state index contributed by atoms with van der Waals surface area (Å²) < 4.78 is 0. The van der Waals surface area contributed by atoms with Crippen LogP contribution in [0.2, 0.25) is 0 Å². The molecule has 6 aromatic carbocycles. The first kappa shape index (κ1) is 29.4. The zero-order valence-corrected chi connectivity index (χ0v) is 27.2. The molecular formula is C47H31N3.